The summed E-state index contributed by atoms with van der Waals surface area (Å²) in [6.07, 6.45) is 1.10. The molecular weight excluding hydrogens is 373 g/mol. The van der Waals surface area contributed by atoms with Gasteiger partial charge in [0, 0.05) is 24.3 Å². The number of benzene rings is 2. The van der Waals surface area contributed by atoms with Crippen LogP contribution in [0.25, 0.3) is 0 Å². The van der Waals surface area contributed by atoms with Gasteiger partial charge in [-0.05, 0) is 36.2 Å². The maximum atomic E-state index is 12.5. The molecule has 0 aliphatic carbocycles. The average Bonchev–Trinajstić information content (AvgIpc) is 3.01. The van der Waals surface area contributed by atoms with Crippen molar-refractivity contribution in [2.45, 2.75) is 19.8 Å². The van der Waals surface area contributed by atoms with E-state index >= 15 is 0 Å². The zero-order valence-corrected chi connectivity index (χ0v) is 15.8. The smallest absolute Gasteiger partial charge is 0.229 e. The first kappa shape index (κ1) is 18.5. The molecule has 0 radical (unpaired) electrons. The summed E-state index contributed by atoms with van der Waals surface area (Å²) in [6, 6.07) is 10.9. The normalized spacial score (nSPS) is 16.8. The molecule has 5 nitrogen and oxygen atoms in total. The van der Waals surface area contributed by atoms with Gasteiger partial charge in [0.1, 0.15) is 0 Å². The van der Waals surface area contributed by atoms with Crippen LogP contribution in [0, 0.1) is 5.92 Å². The first-order chi connectivity index (χ1) is 12.4. The predicted molar refractivity (Wildman–Crippen MR) is 106 cm³/mol. The fourth-order valence-electron chi connectivity index (χ4n) is 2.95. The van der Waals surface area contributed by atoms with Gasteiger partial charge < -0.3 is 16.0 Å². The molecule has 1 aliphatic rings. The average molecular weight is 392 g/mol. The van der Waals surface area contributed by atoms with Gasteiger partial charge in [-0.2, -0.15) is 0 Å². The highest BCUT2D eigenvalue weighted by molar-refractivity contribution is 6.39. The molecule has 0 saturated carbocycles. The molecule has 1 atom stereocenters. The summed E-state index contributed by atoms with van der Waals surface area (Å²) in [5.74, 6) is -0.755. The van der Waals surface area contributed by atoms with Crippen molar-refractivity contribution in [3.63, 3.8) is 0 Å². The molecule has 1 saturated heterocycles. The Labute approximate surface area is 162 Å². The quantitative estimate of drug-likeness (QED) is 0.769. The van der Waals surface area contributed by atoms with Gasteiger partial charge >= 0.3 is 0 Å². The molecule has 2 amide bonds. The number of nitrogens with zero attached hydrogens (tertiary/aromatic N) is 1. The lowest BCUT2D eigenvalue weighted by Gasteiger charge is -2.17. The number of nitrogen functional groups attached to an aromatic ring is 1. The third kappa shape index (κ3) is 3.79. The van der Waals surface area contributed by atoms with Crippen LogP contribution < -0.4 is 16.0 Å². The molecule has 0 aromatic heterocycles. The molecule has 1 heterocycles. The van der Waals surface area contributed by atoms with Crippen molar-refractivity contribution in [2.24, 2.45) is 5.92 Å². The molecule has 0 bridgehead atoms. The van der Waals surface area contributed by atoms with E-state index in [-0.39, 0.29) is 34.0 Å². The third-order valence-electron chi connectivity index (χ3n) is 4.50. The van der Waals surface area contributed by atoms with E-state index in [4.69, 9.17) is 28.9 Å². The summed E-state index contributed by atoms with van der Waals surface area (Å²) in [7, 11) is 0. The maximum absolute atomic E-state index is 12.5. The zero-order valence-electron chi connectivity index (χ0n) is 14.3. The van der Waals surface area contributed by atoms with Crippen LogP contribution in [0.1, 0.15) is 18.9 Å². The van der Waals surface area contributed by atoms with Gasteiger partial charge in [-0.25, -0.2) is 0 Å². The van der Waals surface area contributed by atoms with E-state index in [9.17, 15) is 9.59 Å². The fourth-order valence-corrected chi connectivity index (χ4v) is 3.43. The second-order valence-corrected chi connectivity index (χ2v) is 7.08. The van der Waals surface area contributed by atoms with Crippen LogP contribution in [0.4, 0.5) is 17.1 Å². The highest BCUT2D eigenvalue weighted by Crippen LogP contribution is 2.32. The molecule has 1 fully saturated rings. The molecule has 26 heavy (non-hydrogen) atoms. The van der Waals surface area contributed by atoms with Gasteiger partial charge in [0.05, 0.1) is 21.7 Å². The van der Waals surface area contributed by atoms with E-state index in [0.717, 1.165) is 12.1 Å². The lowest BCUT2D eigenvalue weighted by Crippen LogP contribution is -2.28. The Bertz CT molecular complexity index is 829. The van der Waals surface area contributed by atoms with E-state index in [1.165, 1.54) is 5.56 Å². The van der Waals surface area contributed by atoms with E-state index in [0.29, 0.717) is 12.2 Å². The van der Waals surface area contributed by atoms with E-state index in [2.05, 4.69) is 12.2 Å². The number of hydrogen-bond donors (Lipinski definition) is 2. The minimum Gasteiger partial charge on any atom is -0.396 e. The van der Waals surface area contributed by atoms with E-state index in [1.807, 2.05) is 24.3 Å². The molecule has 7 heteroatoms. The number of carbonyl (C=O) groups excluding carboxylic acids is 2. The van der Waals surface area contributed by atoms with Crippen LogP contribution in [0.2, 0.25) is 10.0 Å². The van der Waals surface area contributed by atoms with E-state index in [1.54, 1.807) is 17.0 Å². The Morgan fingerprint density at radius 3 is 2.42 bits per heavy atom. The van der Waals surface area contributed by atoms with Crippen LogP contribution in [-0.4, -0.2) is 18.4 Å². The van der Waals surface area contributed by atoms with Crippen LogP contribution >= 0.6 is 23.2 Å². The van der Waals surface area contributed by atoms with Crippen LogP contribution in [0.3, 0.4) is 0 Å². The van der Waals surface area contributed by atoms with Gasteiger partial charge in [-0.15, -0.1) is 0 Å². The minimum absolute atomic E-state index is 0.0669. The van der Waals surface area contributed by atoms with Crippen molar-refractivity contribution in [3.05, 3.63) is 52.0 Å². The lowest BCUT2D eigenvalue weighted by atomic mass is 10.1. The number of aryl methyl sites for hydroxylation is 1. The van der Waals surface area contributed by atoms with Gasteiger partial charge in [0.25, 0.3) is 0 Å². The summed E-state index contributed by atoms with van der Waals surface area (Å²) < 4.78 is 0. The molecule has 136 valence electrons. The second-order valence-electron chi connectivity index (χ2n) is 6.27. The van der Waals surface area contributed by atoms with Crippen molar-refractivity contribution >= 4 is 52.1 Å². The van der Waals surface area contributed by atoms with Crippen LogP contribution in [0.15, 0.2) is 36.4 Å². The van der Waals surface area contributed by atoms with Gasteiger partial charge in [-0.1, -0.05) is 42.3 Å². The van der Waals surface area contributed by atoms with Gasteiger partial charge in [0.15, 0.2) is 0 Å². The molecule has 1 unspecified atom stereocenters. The predicted octanol–water partition coefficient (Wildman–Crippen LogP) is 4.13. The number of halogens is 2. The van der Waals surface area contributed by atoms with Crippen LogP contribution in [0.5, 0.6) is 0 Å². The molecule has 1 aliphatic heterocycles. The molecular formula is C19H19Cl2N3O2. The highest BCUT2D eigenvalue weighted by Gasteiger charge is 2.35. The second kappa shape index (κ2) is 7.56. The number of carbonyl (C=O) groups is 2. The highest BCUT2D eigenvalue weighted by atomic mass is 35.5. The SMILES string of the molecule is CCc1ccc(N2CC(C(=O)Nc3cc(Cl)c(N)c(Cl)c3)CC2=O)cc1. The van der Waals surface area contributed by atoms with Crippen LogP contribution in [-0.2, 0) is 16.0 Å². The summed E-state index contributed by atoms with van der Waals surface area (Å²) in [6.45, 7) is 2.42. The Hall–Kier alpha value is -2.24. The molecule has 0 spiro atoms. The largest absolute Gasteiger partial charge is 0.396 e. The summed E-state index contributed by atoms with van der Waals surface area (Å²) in [4.78, 5) is 26.5. The Morgan fingerprint density at radius 2 is 1.85 bits per heavy atom. The standard InChI is InChI=1S/C19H19Cl2N3O2/c1-2-11-3-5-14(6-4-11)24-10-12(7-17(24)25)19(26)23-13-8-15(20)18(22)16(21)9-13/h3-6,8-9,12H,2,7,10,22H2,1H3,(H,23,26). The van der Waals surface area contributed by atoms with E-state index < -0.39 is 5.92 Å². The van der Waals surface area contributed by atoms with Crippen molar-refractivity contribution in [1.82, 2.24) is 0 Å². The first-order valence-electron chi connectivity index (χ1n) is 8.33. The number of nitrogens with one attached hydrogen (secondary N) is 1. The summed E-state index contributed by atoms with van der Waals surface area (Å²) >= 11 is 12.0. The Morgan fingerprint density at radius 1 is 1.23 bits per heavy atom. The fraction of sp³-hybridized carbons (Fsp3) is 0.263. The number of nitrogens with two attached hydrogens (primary N) is 1. The van der Waals surface area contributed by atoms with Gasteiger partial charge in [-0.3, -0.25) is 9.59 Å². The maximum Gasteiger partial charge on any atom is 0.229 e. The zero-order chi connectivity index (χ0) is 18.8. The van der Waals surface area contributed by atoms with Crippen molar-refractivity contribution in [1.29, 1.82) is 0 Å². The van der Waals surface area contributed by atoms with Crippen molar-refractivity contribution in [2.75, 3.05) is 22.5 Å². The molecule has 3 N–H and O–H groups in total. The molecule has 2 aromatic carbocycles. The molecule has 3 rings (SSSR count). The lowest BCUT2D eigenvalue weighted by molar-refractivity contribution is -0.122. The monoisotopic (exact) mass is 391 g/mol. The number of anilines is 3. The minimum atomic E-state index is -0.441. The Kier molecular flexibility index (Phi) is 5.39. The topological polar surface area (TPSA) is 75.4 Å². The molecule has 2 aromatic rings. The Balaban J connectivity index is 1.70. The van der Waals surface area contributed by atoms with Gasteiger partial charge in [0.2, 0.25) is 11.8 Å². The van der Waals surface area contributed by atoms with Crippen molar-refractivity contribution in [3.8, 4) is 0 Å². The number of rotatable bonds is 4. The summed E-state index contributed by atoms with van der Waals surface area (Å²) in [5, 5.41) is 3.30. The van der Waals surface area contributed by atoms with Crippen molar-refractivity contribution < 1.29 is 9.59 Å². The number of hydrogen-bond acceptors (Lipinski definition) is 3. The third-order valence-corrected chi connectivity index (χ3v) is 5.12. The first-order valence-corrected chi connectivity index (χ1v) is 9.09. The summed E-state index contributed by atoms with van der Waals surface area (Å²) in [5.41, 5.74) is 8.43. The number of amides is 2.